The highest BCUT2D eigenvalue weighted by Crippen LogP contribution is 2.36. The molecule has 1 heterocycles. The third-order valence-electron chi connectivity index (χ3n) is 2.36. The molecule has 0 aliphatic rings. The van der Waals surface area contributed by atoms with Crippen molar-refractivity contribution in [2.45, 2.75) is 4.21 Å². The molecule has 0 fully saturated rings. The van der Waals surface area contributed by atoms with Crippen LogP contribution in [0.15, 0.2) is 32.3 Å². The Labute approximate surface area is 133 Å². The minimum absolute atomic E-state index is 0.105. The molecule has 5 nitrogen and oxygen atoms in total. The Kier molecular flexibility index (Phi) is 4.48. The number of benzene rings is 1. The molecule has 108 valence electrons. The summed E-state index contributed by atoms with van der Waals surface area (Å²) >= 11 is 10.1. The van der Waals surface area contributed by atoms with Crippen molar-refractivity contribution in [2.24, 2.45) is 0 Å². The Morgan fingerprint density at radius 1 is 1.40 bits per heavy atom. The molecule has 9 heteroatoms. The zero-order valence-electron chi connectivity index (χ0n) is 10.2. The summed E-state index contributed by atoms with van der Waals surface area (Å²) in [5.41, 5.74) is 6.41. The van der Waals surface area contributed by atoms with Crippen molar-refractivity contribution in [2.75, 3.05) is 17.6 Å². The number of hydrogen-bond acceptors (Lipinski definition) is 5. The van der Waals surface area contributed by atoms with Gasteiger partial charge >= 0.3 is 0 Å². The standard InChI is InChI=1S/C11H10BrClN2O3S2/c1-18-9-4-6(14)2-3-8(9)15-20(16,17)10-5-7(13)11(12)19-10/h2-5,15H,14H2,1H3. The average molecular weight is 398 g/mol. The number of thiophene rings is 1. The minimum Gasteiger partial charge on any atom is -0.494 e. The highest BCUT2D eigenvalue weighted by atomic mass is 79.9. The van der Waals surface area contributed by atoms with Crippen LogP contribution in [0, 0.1) is 0 Å². The van der Waals surface area contributed by atoms with Crippen LogP contribution in [0.4, 0.5) is 11.4 Å². The van der Waals surface area contributed by atoms with Crippen LogP contribution in [-0.4, -0.2) is 15.5 Å². The summed E-state index contributed by atoms with van der Waals surface area (Å²) in [6, 6.07) is 6.03. The van der Waals surface area contributed by atoms with Crippen LogP contribution >= 0.6 is 38.9 Å². The van der Waals surface area contributed by atoms with Gasteiger partial charge in [0.1, 0.15) is 9.96 Å². The number of rotatable bonds is 4. The van der Waals surface area contributed by atoms with Crippen LogP contribution in [0.3, 0.4) is 0 Å². The number of nitrogens with one attached hydrogen (secondary N) is 1. The number of anilines is 2. The summed E-state index contributed by atoms with van der Waals surface area (Å²) in [4.78, 5) is 0. The molecular weight excluding hydrogens is 388 g/mol. The fourth-order valence-electron chi connectivity index (χ4n) is 1.45. The van der Waals surface area contributed by atoms with Crippen molar-refractivity contribution < 1.29 is 13.2 Å². The normalized spacial score (nSPS) is 11.3. The molecule has 2 aromatic rings. The van der Waals surface area contributed by atoms with Crippen molar-refractivity contribution in [3.63, 3.8) is 0 Å². The molecule has 0 saturated carbocycles. The van der Waals surface area contributed by atoms with Gasteiger partial charge in [0.2, 0.25) is 0 Å². The molecule has 0 saturated heterocycles. The maximum absolute atomic E-state index is 12.3. The zero-order valence-corrected chi connectivity index (χ0v) is 14.2. The van der Waals surface area contributed by atoms with Gasteiger partial charge in [-0.05, 0) is 34.1 Å². The van der Waals surface area contributed by atoms with E-state index in [-0.39, 0.29) is 4.21 Å². The molecule has 0 unspecified atom stereocenters. The van der Waals surface area contributed by atoms with Crippen molar-refractivity contribution in [1.29, 1.82) is 0 Å². The first-order chi connectivity index (χ1) is 9.33. The van der Waals surface area contributed by atoms with E-state index in [2.05, 4.69) is 20.7 Å². The summed E-state index contributed by atoms with van der Waals surface area (Å²) in [5, 5.41) is 0.347. The maximum atomic E-state index is 12.3. The van der Waals surface area contributed by atoms with E-state index in [1.807, 2.05) is 0 Å². The van der Waals surface area contributed by atoms with E-state index in [4.69, 9.17) is 22.1 Å². The summed E-state index contributed by atoms with van der Waals surface area (Å²) < 4.78 is 32.7. The summed E-state index contributed by atoms with van der Waals surface area (Å²) in [5.74, 6) is 0.343. The Bertz CT molecular complexity index is 727. The molecule has 2 rings (SSSR count). The van der Waals surface area contributed by atoms with E-state index in [0.29, 0.717) is 25.9 Å². The lowest BCUT2D eigenvalue weighted by Gasteiger charge is -2.11. The van der Waals surface area contributed by atoms with Gasteiger partial charge in [-0.2, -0.15) is 0 Å². The summed E-state index contributed by atoms with van der Waals surface area (Å²) in [6.45, 7) is 0. The van der Waals surface area contributed by atoms with Gasteiger partial charge in [0.05, 0.1) is 21.6 Å². The largest absolute Gasteiger partial charge is 0.494 e. The zero-order chi connectivity index (χ0) is 14.9. The van der Waals surface area contributed by atoms with Crippen LogP contribution in [-0.2, 0) is 10.0 Å². The SMILES string of the molecule is COc1cc(N)ccc1NS(=O)(=O)c1cc(Cl)c(Br)s1. The maximum Gasteiger partial charge on any atom is 0.271 e. The monoisotopic (exact) mass is 396 g/mol. The molecule has 0 aliphatic heterocycles. The topological polar surface area (TPSA) is 81.4 Å². The number of hydrogen-bond donors (Lipinski definition) is 2. The lowest BCUT2D eigenvalue weighted by Crippen LogP contribution is -2.12. The second-order valence-corrected chi connectivity index (χ2v) is 8.44. The second kappa shape index (κ2) is 5.80. The first kappa shape index (κ1) is 15.4. The Morgan fingerprint density at radius 2 is 2.10 bits per heavy atom. The van der Waals surface area contributed by atoms with Crippen molar-refractivity contribution >= 4 is 60.3 Å². The second-order valence-electron chi connectivity index (χ2n) is 3.75. The molecule has 1 aromatic heterocycles. The molecule has 20 heavy (non-hydrogen) atoms. The van der Waals surface area contributed by atoms with Gasteiger partial charge in [-0.15, -0.1) is 11.3 Å². The molecule has 0 atom stereocenters. The van der Waals surface area contributed by atoms with Crippen LogP contribution in [0.5, 0.6) is 5.75 Å². The molecular formula is C11H10BrClN2O3S2. The smallest absolute Gasteiger partial charge is 0.271 e. The van der Waals surface area contributed by atoms with Crippen molar-refractivity contribution in [3.8, 4) is 5.75 Å². The summed E-state index contributed by atoms with van der Waals surface area (Å²) in [7, 11) is -2.29. The molecule has 0 radical (unpaired) electrons. The highest BCUT2D eigenvalue weighted by Gasteiger charge is 2.20. The average Bonchev–Trinajstić information content (AvgIpc) is 2.72. The number of nitrogens with two attached hydrogens (primary N) is 1. The Morgan fingerprint density at radius 3 is 2.65 bits per heavy atom. The molecule has 3 N–H and O–H groups in total. The van der Waals surface area contributed by atoms with Gasteiger partial charge in [-0.1, -0.05) is 11.6 Å². The van der Waals surface area contributed by atoms with Gasteiger partial charge in [-0.25, -0.2) is 8.42 Å². The number of nitrogen functional groups attached to an aromatic ring is 1. The third-order valence-corrected chi connectivity index (χ3v) is 6.67. The van der Waals surface area contributed by atoms with Gasteiger partial charge in [0, 0.05) is 11.8 Å². The van der Waals surface area contributed by atoms with Crippen molar-refractivity contribution in [3.05, 3.63) is 33.1 Å². The van der Waals surface area contributed by atoms with Crippen LogP contribution < -0.4 is 15.2 Å². The fourth-order valence-corrected chi connectivity index (χ4v) is 4.92. The van der Waals surface area contributed by atoms with Crippen LogP contribution in [0.1, 0.15) is 0 Å². The first-order valence-corrected chi connectivity index (χ1v) is 8.71. The van der Waals surface area contributed by atoms with Gasteiger partial charge < -0.3 is 10.5 Å². The predicted molar refractivity (Wildman–Crippen MR) is 85.2 cm³/mol. The van der Waals surface area contributed by atoms with Gasteiger partial charge in [0.15, 0.2) is 0 Å². The van der Waals surface area contributed by atoms with E-state index in [9.17, 15) is 8.42 Å². The minimum atomic E-state index is -3.73. The number of ether oxygens (including phenoxy) is 1. The lowest BCUT2D eigenvalue weighted by atomic mass is 10.2. The molecule has 0 spiro atoms. The predicted octanol–water partition coefficient (Wildman–Crippen LogP) is 3.56. The van der Waals surface area contributed by atoms with E-state index in [0.717, 1.165) is 11.3 Å². The quantitative estimate of drug-likeness (QED) is 0.773. The van der Waals surface area contributed by atoms with E-state index >= 15 is 0 Å². The van der Waals surface area contributed by atoms with Crippen molar-refractivity contribution in [1.82, 2.24) is 0 Å². The molecule has 0 aliphatic carbocycles. The molecule has 0 bridgehead atoms. The van der Waals surface area contributed by atoms with E-state index < -0.39 is 10.0 Å². The lowest BCUT2D eigenvalue weighted by molar-refractivity contribution is 0.417. The van der Waals surface area contributed by atoms with E-state index in [1.54, 1.807) is 6.07 Å². The third kappa shape index (κ3) is 3.20. The van der Waals surface area contributed by atoms with Crippen LogP contribution in [0.2, 0.25) is 5.02 Å². The number of methoxy groups -OCH3 is 1. The first-order valence-electron chi connectivity index (χ1n) is 5.24. The number of sulfonamides is 1. The van der Waals surface area contributed by atoms with E-state index in [1.165, 1.54) is 25.3 Å². The van der Waals surface area contributed by atoms with Crippen LogP contribution in [0.25, 0.3) is 0 Å². The molecule has 1 aromatic carbocycles. The summed E-state index contributed by atoms with van der Waals surface area (Å²) in [6.07, 6.45) is 0. The fraction of sp³-hybridized carbons (Fsp3) is 0.0909. The Hall–Kier alpha value is -0.960. The molecule has 0 amide bonds. The Balaban J connectivity index is 2.38. The highest BCUT2D eigenvalue weighted by molar-refractivity contribution is 9.11. The number of halogens is 2. The van der Waals surface area contributed by atoms with Gasteiger partial charge in [-0.3, -0.25) is 4.72 Å². The van der Waals surface area contributed by atoms with Gasteiger partial charge in [0.25, 0.3) is 10.0 Å².